The zero-order chi connectivity index (χ0) is 15.9. The van der Waals surface area contributed by atoms with Gasteiger partial charge in [-0.25, -0.2) is 0 Å². The smallest absolute Gasteiger partial charge is 0.119 e. The lowest BCUT2D eigenvalue weighted by atomic mass is 10.1. The molecule has 0 radical (unpaired) electrons. The standard InChI is InChI=1S/C19H31N3O/c1-20-9-14-22-13-8-17-16-18(6-7-19(17)22)23-15-5-12-21-10-3-2-4-11-21/h6-7,16,20H,2-5,8-15H2,1H3. The Morgan fingerprint density at radius 1 is 1.09 bits per heavy atom. The van der Waals surface area contributed by atoms with Crippen molar-refractivity contribution in [3.63, 3.8) is 0 Å². The molecule has 0 bridgehead atoms. The molecule has 23 heavy (non-hydrogen) atoms. The fraction of sp³-hybridized carbons (Fsp3) is 0.684. The zero-order valence-corrected chi connectivity index (χ0v) is 14.5. The van der Waals surface area contributed by atoms with Crippen LogP contribution in [0.4, 0.5) is 5.69 Å². The lowest BCUT2D eigenvalue weighted by Crippen LogP contribution is -2.31. The Morgan fingerprint density at radius 2 is 1.96 bits per heavy atom. The number of benzene rings is 1. The zero-order valence-electron chi connectivity index (χ0n) is 14.5. The number of hydrogen-bond acceptors (Lipinski definition) is 4. The van der Waals surface area contributed by atoms with Gasteiger partial charge in [0, 0.05) is 31.9 Å². The number of likely N-dealkylation sites (tertiary alicyclic amines) is 1. The van der Waals surface area contributed by atoms with Crippen LogP contribution >= 0.6 is 0 Å². The molecule has 1 N–H and O–H groups in total. The molecule has 2 aliphatic rings. The van der Waals surface area contributed by atoms with E-state index in [1.165, 1.54) is 50.1 Å². The van der Waals surface area contributed by atoms with Gasteiger partial charge in [0.1, 0.15) is 5.75 Å². The Morgan fingerprint density at radius 3 is 2.78 bits per heavy atom. The van der Waals surface area contributed by atoms with Crippen molar-refractivity contribution in [2.24, 2.45) is 0 Å². The third-order valence-corrected chi connectivity index (χ3v) is 5.01. The fourth-order valence-electron chi connectivity index (χ4n) is 3.68. The van der Waals surface area contributed by atoms with E-state index in [0.717, 1.165) is 44.8 Å². The predicted molar refractivity (Wildman–Crippen MR) is 96.7 cm³/mol. The highest BCUT2D eigenvalue weighted by molar-refractivity contribution is 5.60. The summed E-state index contributed by atoms with van der Waals surface area (Å²) in [6, 6.07) is 6.62. The number of fused-ring (bicyclic) bond motifs is 1. The maximum absolute atomic E-state index is 5.98. The Hall–Kier alpha value is -1.26. The average Bonchev–Trinajstić information content (AvgIpc) is 3.00. The van der Waals surface area contributed by atoms with Gasteiger partial charge in [0.15, 0.2) is 0 Å². The van der Waals surface area contributed by atoms with Crippen LogP contribution in [0.1, 0.15) is 31.2 Å². The summed E-state index contributed by atoms with van der Waals surface area (Å²) in [5.74, 6) is 1.04. The van der Waals surface area contributed by atoms with Gasteiger partial charge in [-0.15, -0.1) is 0 Å². The number of likely N-dealkylation sites (N-methyl/N-ethyl adjacent to an activating group) is 1. The minimum atomic E-state index is 0.832. The van der Waals surface area contributed by atoms with Crippen molar-refractivity contribution in [2.75, 3.05) is 57.8 Å². The molecule has 4 heteroatoms. The van der Waals surface area contributed by atoms with Crippen LogP contribution in [0.5, 0.6) is 5.75 Å². The summed E-state index contributed by atoms with van der Waals surface area (Å²) < 4.78 is 5.98. The number of nitrogens with zero attached hydrogens (tertiary/aromatic N) is 2. The van der Waals surface area contributed by atoms with Gasteiger partial charge in [0.25, 0.3) is 0 Å². The normalized spacial score (nSPS) is 18.2. The number of rotatable bonds is 8. The summed E-state index contributed by atoms with van der Waals surface area (Å²) in [5.41, 5.74) is 2.83. The second-order valence-corrected chi connectivity index (χ2v) is 6.74. The van der Waals surface area contributed by atoms with Gasteiger partial charge in [-0.1, -0.05) is 6.42 Å². The number of piperidine rings is 1. The molecule has 1 aromatic carbocycles. The first kappa shape index (κ1) is 16.6. The molecule has 3 rings (SSSR count). The maximum Gasteiger partial charge on any atom is 0.119 e. The summed E-state index contributed by atoms with van der Waals surface area (Å²) in [5, 5.41) is 3.23. The van der Waals surface area contributed by atoms with Crippen LogP contribution in [-0.4, -0.2) is 57.8 Å². The second kappa shape index (κ2) is 8.55. The van der Waals surface area contributed by atoms with E-state index in [-0.39, 0.29) is 0 Å². The molecule has 128 valence electrons. The number of anilines is 1. The monoisotopic (exact) mass is 317 g/mol. The summed E-state index contributed by atoms with van der Waals surface area (Å²) >= 11 is 0. The highest BCUT2D eigenvalue weighted by Gasteiger charge is 2.18. The minimum Gasteiger partial charge on any atom is -0.494 e. The van der Waals surface area contributed by atoms with E-state index in [0.29, 0.717) is 0 Å². The number of hydrogen-bond donors (Lipinski definition) is 1. The molecule has 1 aromatic rings. The summed E-state index contributed by atoms with van der Waals surface area (Å²) in [7, 11) is 2.01. The van der Waals surface area contributed by atoms with Crippen LogP contribution in [0, 0.1) is 0 Å². The van der Waals surface area contributed by atoms with Crippen molar-refractivity contribution in [1.29, 1.82) is 0 Å². The van der Waals surface area contributed by atoms with Gasteiger partial charge < -0.3 is 19.9 Å². The van der Waals surface area contributed by atoms with Gasteiger partial charge in [0.05, 0.1) is 6.61 Å². The largest absolute Gasteiger partial charge is 0.494 e. The predicted octanol–water partition coefficient (Wildman–Crippen LogP) is 2.52. The molecular weight excluding hydrogens is 286 g/mol. The van der Waals surface area contributed by atoms with Crippen molar-refractivity contribution in [3.05, 3.63) is 23.8 Å². The van der Waals surface area contributed by atoms with Crippen LogP contribution in [0.25, 0.3) is 0 Å². The van der Waals surface area contributed by atoms with Crippen LogP contribution in [-0.2, 0) is 6.42 Å². The lowest BCUT2D eigenvalue weighted by molar-refractivity contribution is 0.205. The van der Waals surface area contributed by atoms with Crippen molar-refractivity contribution in [1.82, 2.24) is 10.2 Å². The molecular formula is C19H31N3O. The first-order valence-electron chi connectivity index (χ1n) is 9.24. The third kappa shape index (κ3) is 4.61. The molecule has 2 aliphatic heterocycles. The van der Waals surface area contributed by atoms with Crippen molar-refractivity contribution in [2.45, 2.75) is 32.1 Å². The molecule has 0 atom stereocenters. The highest BCUT2D eigenvalue weighted by Crippen LogP contribution is 2.31. The van der Waals surface area contributed by atoms with Gasteiger partial charge in [-0.05, 0) is 69.6 Å². The summed E-state index contributed by atoms with van der Waals surface area (Å²) in [6.07, 6.45) is 6.42. The van der Waals surface area contributed by atoms with Crippen LogP contribution in [0.2, 0.25) is 0 Å². The molecule has 0 saturated carbocycles. The topological polar surface area (TPSA) is 27.7 Å². The van der Waals surface area contributed by atoms with E-state index in [2.05, 4.69) is 33.3 Å². The van der Waals surface area contributed by atoms with E-state index >= 15 is 0 Å². The SMILES string of the molecule is CNCCN1CCc2cc(OCCCN3CCCCC3)ccc21. The molecule has 1 fully saturated rings. The van der Waals surface area contributed by atoms with Crippen LogP contribution in [0.15, 0.2) is 18.2 Å². The average molecular weight is 317 g/mol. The molecule has 0 unspecified atom stereocenters. The van der Waals surface area contributed by atoms with Crippen molar-refractivity contribution < 1.29 is 4.74 Å². The van der Waals surface area contributed by atoms with Crippen molar-refractivity contribution >= 4 is 5.69 Å². The Balaban J connectivity index is 1.42. The molecule has 4 nitrogen and oxygen atoms in total. The second-order valence-electron chi connectivity index (χ2n) is 6.74. The van der Waals surface area contributed by atoms with Crippen molar-refractivity contribution in [3.8, 4) is 5.75 Å². The molecule has 2 heterocycles. The molecule has 0 spiro atoms. The van der Waals surface area contributed by atoms with E-state index in [9.17, 15) is 0 Å². The third-order valence-electron chi connectivity index (χ3n) is 5.01. The number of ether oxygens (including phenoxy) is 1. The first-order chi connectivity index (χ1) is 11.4. The molecule has 1 saturated heterocycles. The minimum absolute atomic E-state index is 0.832. The fourth-order valence-corrected chi connectivity index (χ4v) is 3.68. The van der Waals surface area contributed by atoms with E-state index in [4.69, 9.17) is 4.74 Å². The van der Waals surface area contributed by atoms with E-state index in [1.807, 2.05) is 7.05 Å². The summed E-state index contributed by atoms with van der Waals surface area (Å²) in [4.78, 5) is 5.04. The van der Waals surface area contributed by atoms with Gasteiger partial charge >= 0.3 is 0 Å². The number of nitrogens with one attached hydrogen (secondary N) is 1. The quantitative estimate of drug-likeness (QED) is 0.746. The van der Waals surface area contributed by atoms with E-state index in [1.54, 1.807) is 0 Å². The summed E-state index contributed by atoms with van der Waals surface area (Å²) in [6.45, 7) is 7.83. The van der Waals surface area contributed by atoms with E-state index < -0.39 is 0 Å². The highest BCUT2D eigenvalue weighted by atomic mass is 16.5. The molecule has 0 amide bonds. The maximum atomic E-state index is 5.98. The van der Waals surface area contributed by atoms with Gasteiger partial charge in [-0.2, -0.15) is 0 Å². The Kier molecular flexibility index (Phi) is 6.17. The van der Waals surface area contributed by atoms with Gasteiger partial charge in [-0.3, -0.25) is 0 Å². The molecule has 0 aliphatic carbocycles. The first-order valence-corrected chi connectivity index (χ1v) is 9.24. The molecule has 0 aromatic heterocycles. The Labute approximate surface area is 140 Å². The van der Waals surface area contributed by atoms with Gasteiger partial charge in [0.2, 0.25) is 0 Å². The van der Waals surface area contributed by atoms with Crippen LogP contribution in [0.3, 0.4) is 0 Å². The lowest BCUT2D eigenvalue weighted by Gasteiger charge is -2.26. The van der Waals surface area contributed by atoms with Crippen LogP contribution < -0.4 is 15.0 Å². The Bertz CT molecular complexity index is 486.